The summed E-state index contributed by atoms with van der Waals surface area (Å²) >= 11 is 0. The zero-order valence-electron chi connectivity index (χ0n) is 11.6. The number of nitrogens with zero attached hydrogens (tertiary/aromatic N) is 1. The van der Waals surface area contributed by atoms with Crippen molar-refractivity contribution in [1.29, 1.82) is 0 Å². The first kappa shape index (κ1) is 13.5. The van der Waals surface area contributed by atoms with Crippen LogP contribution in [-0.2, 0) is 0 Å². The lowest BCUT2D eigenvalue weighted by atomic mass is 9.98. The van der Waals surface area contributed by atoms with Crippen molar-refractivity contribution in [2.75, 3.05) is 7.11 Å². The molecule has 0 aliphatic carbocycles. The lowest BCUT2D eigenvalue weighted by molar-refractivity contribution is 0.406. The number of benzene rings is 2. The van der Waals surface area contributed by atoms with Crippen LogP contribution in [0.5, 0.6) is 5.75 Å². The number of rotatable bonds is 3. The Morgan fingerprint density at radius 2 is 1.95 bits per heavy atom. The van der Waals surface area contributed by atoms with Crippen LogP contribution in [-0.4, -0.2) is 12.1 Å². The maximum atomic E-state index is 13.5. The molecule has 2 N–H and O–H groups in total. The third-order valence-corrected chi connectivity index (χ3v) is 3.53. The lowest BCUT2D eigenvalue weighted by Gasteiger charge is -2.17. The molecule has 2 aromatic carbocycles. The Kier molecular flexibility index (Phi) is 3.54. The van der Waals surface area contributed by atoms with Crippen molar-refractivity contribution >= 4 is 10.8 Å². The van der Waals surface area contributed by atoms with Gasteiger partial charge in [-0.05, 0) is 29.7 Å². The fourth-order valence-corrected chi connectivity index (χ4v) is 2.49. The van der Waals surface area contributed by atoms with Gasteiger partial charge in [-0.25, -0.2) is 4.39 Å². The van der Waals surface area contributed by atoms with E-state index >= 15 is 0 Å². The molecule has 1 heterocycles. The van der Waals surface area contributed by atoms with Crippen LogP contribution >= 0.6 is 0 Å². The standard InChI is InChI=1S/C17H15FN2O/c1-21-15-7-6-12(18)10-14(15)16(19)17-13-5-3-2-4-11(13)8-9-20-17/h2-10,16H,19H2,1H3. The SMILES string of the molecule is COc1ccc(F)cc1C(N)c1nccc2ccccc12. The summed E-state index contributed by atoms with van der Waals surface area (Å²) in [6, 6.07) is 13.5. The van der Waals surface area contributed by atoms with Crippen molar-refractivity contribution in [3.63, 3.8) is 0 Å². The third kappa shape index (κ3) is 2.45. The van der Waals surface area contributed by atoms with E-state index in [9.17, 15) is 4.39 Å². The molecule has 1 unspecified atom stereocenters. The van der Waals surface area contributed by atoms with Gasteiger partial charge in [0, 0.05) is 17.1 Å². The monoisotopic (exact) mass is 282 g/mol. The van der Waals surface area contributed by atoms with Crippen LogP contribution in [0.15, 0.2) is 54.7 Å². The molecule has 0 amide bonds. The third-order valence-electron chi connectivity index (χ3n) is 3.53. The number of halogens is 1. The van der Waals surface area contributed by atoms with Crippen LogP contribution in [0.1, 0.15) is 17.3 Å². The Balaban J connectivity index is 2.17. The molecule has 21 heavy (non-hydrogen) atoms. The van der Waals surface area contributed by atoms with E-state index in [1.165, 1.54) is 12.1 Å². The Morgan fingerprint density at radius 3 is 2.76 bits per heavy atom. The van der Waals surface area contributed by atoms with Gasteiger partial charge in [-0.1, -0.05) is 24.3 Å². The number of methoxy groups -OCH3 is 1. The second-order valence-corrected chi connectivity index (χ2v) is 4.78. The van der Waals surface area contributed by atoms with Gasteiger partial charge in [0.1, 0.15) is 11.6 Å². The van der Waals surface area contributed by atoms with Crippen LogP contribution in [0.2, 0.25) is 0 Å². The van der Waals surface area contributed by atoms with Crippen molar-refractivity contribution in [2.45, 2.75) is 6.04 Å². The number of pyridine rings is 1. The molecule has 4 heteroatoms. The van der Waals surface area contributed by atoms with E-state index in [1.807, 2.05) is 30.3 Å². The molecule has 0 bridgehead atoms. The molecule has 0 saturated heterocycles. The molecule has 0 spiro atoms. The van der Waals surface area contributed by atoms with E-state index in [4.69, 9.17) is 10.5 Å². The molecular weight excluding hydrogens is 267 g/mol. The van der Waals surface area contributed by atoms with Crippen molar-refractivity contribution in [2.24, 2.45) is 5.73 Å². The first-order valence-corrected chi connectivity index (χ1v) is 6.63. The van der Waals surface area contributed by atoms with E-state index in [-0.39, 0.29) is 5.82 Å². The minimum absolute atomic E-state index is 0.346. The van der Waals surface area contributed by atoms with Gasteiger partial charge in [0.05, 0.1) is 18.8 Å². The molecule has 1 aromatic heterocycles. The summed E-state index contributed by atoms with van der Waals surface area (Å²) in [4.78, 5) is 4.39. The van der Waals surface area contributed by atoms with Crippen molar-refractivity contribution in [3.05, 3.63) is 71.8 Å². The van der Waals surface area contributed by atoms with Crippen LogP contribution in [0.25, 0.3) is 10.8 Å². The van der Waals surface area contributed by atoms with Gasteiger partial charge < -0.3 is 10.5 Å². The van der Waals surface area contributed by atoms with Gasteiger partial charge in [-0.2, -0.15) is 0 Å². The molecule has 3 rings (SSSR count). The van der Waals surface area contributed by atoms with E-state index in [1.54, 1.807) is 19.4 Å². The molecule has 1 atom stereocenters. The molecule has 3 aromatic rings. The minimum Gasteiger partial charge on any atom is -0.496 e. The smallest absolute Gasteiger partial charge is 0.124 e. The van der Waals surface area contributed by atoms with Gasteiger partial charge >= 0.3 is 0 Å². The zero-order chi connectivity index (χ0) is 14.8. The summed E-state index contributed by atoms with van der Waals surface area (Å²) in [5.74, 6) is 0.208. The fourth-order valence-electron chi connectivity index (χ4n) is 2.49. The highest BCUT2D eigenvalue weighted by Crippen LogP contribution is 2.31. The average molecular weight is 282 g/mol. The summed E-state index contributed by atoms with van der Waals surface area (Å²) < 4.78 is 18.8. The van der Waals surface area contributed by atoms with E-state index in [0.717, 1.165) is 10.8 Å². The van der Waals surface area contributed by atoms with Gasteiger partial charge in [-0.3, -0.25) is 4.98 Å². The molecule has 3 nitrogen and oxygen atoms in total. The van der Waals surface area contributed by atoms with Crippen LogP contribution in [0, 0.1) is 5.82 Å². The Morgan fingerprint density at radius 1 is 1.14 bits per heavy atom. The maximum absolute atomic E-state index is 13.5. The predicted molar refractivity (Wildman–Crippen MR) is 80.7 cm³/mol. The maximum Gasteiger partial charge on any atom is 0.124 e. The van der Waals surface area contributed by atoms with Crippen LogP contribution in [0.3, 0.4) is 0 Å². The lowest BCUT2D eigenvalue weighted by Crippen LogP contribution is -2.15. The summed E-state index contributed by atoms with van der Waals surface area (Å²) in [7, 11) is 1.54. The first-order valence-electron chi connectivity index (χ1n) is 6.63. The van der Waals surface area contributed by atoms with Crippen molar-refractivity contribution < 1.29 is 9.13 Å². The van der Waals surface area contributed by atoms with Crippen molar-refractivity contribution in [1.82, 2.24) is 4.98 Å². The fraction of sp³-hybridized carbons (Fsp3) is 0.118. The topological polar surface area (TPSA) is 48.1 Å². The zero-order valence-corrected chi connectivity index (χ0v) is 11.6. The summed E-state index contributed by atoms with van der Waals surface area (Å²) in [6.45, 7) is 0. The van der Waals surface area contributed by atoms with Gasteiger partial charge in [-0.15, -0.1) is 0 Å². The minimum atomic E-state index is -0.554. The van der Waals surface area contributed by atoms with E-state index in [2.05, 4.69) is 4.98 Å². The van der Waals surface area contributed by atoms with Gasteiger partial charge in [0.15, 0.2) is 0 Å². The number of fused-ring (bicyclic) bond motifs is 1. The highest BCUT2D eigenvalue weighted by atomic mass is 19.1. The average Bonchev–Trinajstić information content (AvgIpc) is 2.53. The number of ether oxygens (including phenoxy) is 1. The molecule has 0 saturated carbocycles. The number of hydrogen-bond donors (Lipinski definition) is 1. The number of nitrogens with two attached hydrogens (primary N) is 1. The Bertz CT molecular complexity index is 783. The quantitative estimate of drug-likeness (QED) is 0.800. The second kappa shape index (κ2) is 5.50. The first-order chi connectivity index (χ1) is 10.2. The largest absolute Gasteiger partial charge is 0.496 e. The number of aromatic nitrogens is 1. The van der Waals surface area contributed by atoms with E-state index < -0.39 is 6.04 Å². The highest BCUT2D eigenvalue weighted by Gasteiger charge is 2.18. The normalized spacial score (nSPS) is 12.3. The molecular formula is C17H15FN2O. The van der Waals surface area contributed by atoms with Crippen LogP contribution in [0.4, 0.5) is 4.39 Å². The van der Waals surface area contributed by atoms with Gasteiger partial charge in [0.25, 0.3) is 0 Å². The predicted octanol–water partition coefficient (Wildman–Crippen LogP) is 3.43. The van der Waals surface area contributed by atoms with Crippen LogP contribution < -0.4 is 10.5 Å². The van der Waals surface area contributed by atoms with Crippen molar-refractivity contribution in [3.8, 4) is 5.75 Å². The summed E-state index contributed by atoms with van der Waals surface area (Å²) in [5.41, 5.74) is 7.61. The summed E-state index contributed by atoms with van der Waals surface area (Å²) in [5, 5.41) is 2.01. The summed E-state index contributed by atoms with van der Waals surface area (Å²) in [6.07, 6.45) is 1.71. The second-order valence-electron chi connectivity index (χ2n) is 4.78. The Hall–Kier alpha value is -2.46. The molecule has 0 aliphatic heterocycles. The highest BCUT2D eigenvalue weighted by molar-refractivity contribution is 5.85. The molecule has 0 aliphatic rings. The Labute approximate surface area is 122 Å². The van der Waals surface area contributed by atoms with Gasteiger partial charge in [0.2, 0.25) is 0 Å². The number of hydrogen-bond acceptors (Lipinski definition) is 3. The van der Waals surface area contributed by atoms with E-state index in [0.29, 0.717) is 17.0 Å². The molecule has 0 fully saturated rings. The molecule has 0 radical (unpaired) electrons. The molecule has 106 valence electrons.